The van der Waals surface area contributed by atoms with Crippen molar-refractivity contribution >= 4 is 51.3 Å². The molecule has 1 heterocycles. The monoisotopic (exact) mass is 520 g/mol. The first-order valence-electron chi connectivity index (χ1n) is 10.1. The van der Waals surface area contributed by atoms with Gasteiger partial charge in [0.15, 0.2) is 23.6 Å². The maximum Gasteiger partial charge on any atom is 0.343 e. The first-order valence-corrected chi connectivity index (χ1v) is 11.8. The summed E-state index contributed by atoms with van der Waals surface area (Å²) in [6, 6.07) is 11.6. The van der Waals surface area contributed by atoms with Crippen molar-refractivity contribution in [2.24, 2.45) is 0 Å². The summed E-state index contributed by atoms with van der Waals surface area (Å²) in [5.74, 6) is 0.232. The number of carbonyl (C=O) groups is 2. The van der Waals surface area contributed by atoms with Gasteiger partial charge in [0.2, 0.25) is 0 Å². The van der Waals surface area contributed by atoms with Crippen LogP contribution in [0.15, 0.2) is 45.8 Å². The van der Waals surface area contributed by atoms with Crippen LogP contribution in [0, 0.1) is 0 Å². The van der Waals surface area contributed by atoms with Crippen LogP contribution in [0.4, 0.5) is 5.69 Å². The number of amides is 1. The lowest BCUT2D eigenvalue weighted by atomic mass is 10.1. The number of carbonyl (C=O) groups excluding carboxylic acids is 2. The van der Waals surface area contributed by atoms with E-state index in [2.05, 4.69) is 50.4 Å². The van der Waals surface area contributed by atoms with Crippen molar-refractivity contribution in [1.82, 2.24) is 5.32 Å². The number of rotatable bonds is 9. The molecule has 1 aliphatic rings. The van der Waals surface area contributed by atoms with Crippen LogP contribution in [0.5, 0.6) is 11.5 Å². The lowest BCUT2D eigenvalue weighted by molar-refractivity contribution is -0.142. The lowest BCUT2D eigenvalue weighted by Crippen LogP contribution is -2.30. The number of esters is 1. The van der Waals surface area contributed by atoms with E-state index in [0.29, 0.717) is 27.5 Å². The molecule has 9 heteroatoms. The van der Waals surface area contributed by atoms with Crippen LogP contribution >= 0.6 is 27.7 Å². The van der Waals surface area contributed by atoms with Crippen LogP contribution in [0.1, 0.15) is 25.0 Å². The maximum absolute atomic E-state index is 12.5. The Balaban J connectivity index is 1.76. The summed E-state index contributed by atoms with van der Waals surface area (Å²) in [7, 11) is 1.30. The van der Waals surface area contributed by atoms with Gasteiger partial charge in [0, 0.05) is 10.2 Å². The van der Waals surface area contributed by atoms with Crippen molar-refractivity contribution in [3.63, 3.8) is 0 Å². The molecule has 1 saturated heterocycles. The van der Waals surface area contributed by atoms with E-state index in [9.17, 15) is 9.59 Å². The molecule has 3 rings (SSSR count). The molecule has 0 aromatic heterocycles. The lowest BCUT2D eigenvalue weighted by Gasteiger charge is -2.14. The van der Waals surface area contributed by atoms with Gasteiger partial charge in [0.1, 0.15) is 0 Å². The van der Waals surface area contributed by atoms with E-state index in [0.717, 1.165) is 17.7 Å². The number of halogens is 1. The number of hydrogen-bond donors (Lipinski definition) is 2. The molecule has 32 heavy (non-hydrogen) atoms. The fourth-order valence-corrected chi connectivity index (χ4v) is 4.35. The van der Waals surface area contributed by atoms with Crippen molar-refractivity contribution in [1.29, 1.82) is 0 Å². The average Bonchev–Trinajstić information content (AvgIpc) is 3.13. The fraction of sp³-hybridized carbons (Fsp3) is 0.304. The van der Waals surface area contributed by atoms with Crippen molar-refractivity contribution in [2.75, 3.05) is 25.6 Å². The quantitative estimate of drug-likeness (QED) is 0.370. The van der Waals surface area contributed by atoms with Gasteiger partial charge in [-0.3, -0.25) is 4.79 Å². The number of methoxy groups -OCH3 is 1. The Morgan fingerprint density at radius 1 is 1.19 bits per heavy atom. The van der Waals surface area contributed by atoms with Gasteiger partial charge in [-0.15, -0.1) is 0 Å². The highest BCUT2D eigenvalue weighted by atomic mass is 79.9. The summed E-state index contributed by atoms with van der Waals surface area (Å²) in [5.41, 5.74) is 2.68. The molecule has 1 aliphatic heterocycles. The predicted molar refractivity (Wildman–Crippen MR) is 130 cm³/mol. The maximum atomic E-state index is 12.5. The van der Waals surface area contributed by atoms with E-state index >= 15 is 0 Å². The van der Waals surface area contributed by atoms with Gasteiger partial charge in [0.25, 0.3) is 5.91 Å². The molecule has 170 valence electrons. The molecule has 0 bridgehead atoms. The Kier molecular flexibility index (Phi) is 8.46. The standard InChI is InChI=1S/C23H25BrN2O5S/c1-4-14-6-8-16(9-7-14)25-23-26-22(28)20(32-23)11-15-10-18(30-5-2)19(12-17(15)24)31-13-21(27)29-3/h6-12,23,25H,4-5,13H2,1-3H3,(H,26,28)/b20-11-/t23-/m0/s1. The Morgan fingerprint density at radius 3 is 2.56 bits per heavy atom. The molecule has 0 spiro atoms. The Bertz CT molecular complexity index is 1010. The first kappa shape index (κ1) is 24.0. The van der Waals surface area contributed by atoms with Crippen LogP contribution in [0.25, 0.3) is 6.08 Å². The van der Waals surface area contributed by atoms with Crippen molar-refractivity contribution in [2.45, 2.75) is 25.8 Å². The van der Waals surface area contributed by atoms with Gasteiger partial charge >= 0.3 is 5.97 Å². The van der Waals surface area contributed by atoms with Gasteiger partial charge in [0.05, 0.1) is 18.6 Å². The molecule has 1 fully saturated rings. The molecular formula is C23H25BrN2O5S. The van der Waals surface area contributed by atoms with Crippen molar-refractivity contribution < 1.29 is 23.8 Å². The molecule has 2 aromatic carbocycles. The average molecular weight is 521 g/mol. The normalized spacial score (nSPS) is 16.6. The molecule has 2 N–H and O–H groups in total. The number of hydrogen-bond acceptors (Lipinski definition) is 7. The zero-order chi connectivity index (χ0) is 23.1. The van der Waals surface area contributed by atoms with Gasteiger partial charge < -0.3 is 24.8 Å². The summed E-state index contributed by atoms with van der Waals surface area (Å²) in [6.45, 7) is 4.16. The SMILES string of the molecule is CCOc1cc(/C=C2\S[C@@H](Nc3ccc(CC)cc3)NC2=O)c(Br)cc1OCC(=O)OC. The second-order valence-corrected chi connectivity index (χ2v) is 8.79. The summed E-state index contributed by atoms with van der Waals surface area (Å²) in [6.07, 6.45) is 2.77. The van der Waals surface area contributed by atoms with E-state index in [4.69, 9.17) is 9.47 Å². The van der Waals surface area contributed by atoms with Gasteiger partial charge in [-0.2, -0.15) is 0 Å². The second kappa shape index (κ2) is 11.3. The molecule has 0 unspecified atom stereocenters. The van der Waals surface area contributed by atoms with Crippen LogP contribution in [-0.4, -0.2) is 37.7 Å². The first-order chi connectivity index (χ1) is 15.4. The number of benzene rings is 2. The number of aryl methyl sites for hydroxylation is 1. The van der Waals surface area contributed by atoms with E-state index in [1.807, 2.05) is 19.1 Å². The minimum Gasteiger partial charge on any atom is -0.490 e. The molecule has 0 saturated carbocycles. The highest BCUT2D eigenvalue weighted by Gasteiger charge is 2.27. The topological polar surface area (TPSA) is 85.9 Å². The van der Waals surface area contributed by atoms with Gasteiger partial charge in [-0.05, 0) is 54.8 Å². The van der Waals surface area contributed by atoms with Gasteiger partial charge in [-0.25, -0.2) is 4.79 Å². The number of nitrogens with one attached hydrogen (secondary N) is 2. The predicted octanol–water partition coefficient (Wildman–Crippen LogP) is 4.56. The van der Waals surface area contributed by atoms with E-state index in [1.54, 1.807) is 18.2 Å². The minimum atomic E-state index is -0.489. The van der Waals surface area contributed by atoms with Crippen molar-refractivity contribution in [3.8, 4) is 11.5 Å². The molecule has 1 atom stereocenters. The fourth-order valence-electron chi connectivity index (χ4n) is 2.93. The number of anilines is 1. The number of thioether (sulfide) groups is 1. The molecule has 0 radical (unpaired) electrons. The van der Waals surface area contributed by atoms with E-state index in [-0.39, 0.29) is 18.0 Å². The molecule has 7 nitrogen and oxygen atoms in total. The molecule has 0 aliphatic carbocycles. The van der Waals surface area contributed by atoms with E-state index < -0.39 is 5.97 Å². The summed E-state index contributed by atoms with van der Waals surface area (Å²) < 4.78 is 16.5. The zero-order valence-corrected chi connectivity index (χ0v) is 20.5. The molecule has 1 amide bonds. The Hall–Kier alpha value is -2.65. The van der Waals surface area contributed by atoms with Gasteiger partial charge in [-0.1, -0.05) is 46.7 Å². The summed E-state index contributed by atoms with van der Waals surface area (Å²) in [5, 5.41) is 6.25. The highest BCUT2D eigenvalue weighted by molar-refractivity contribution is 9.10. The zero-order valence-electron chi connectivity index (χ0n) is 18.1. The van der Waals surface area contributed by atoms with Crippen LogP contribution in [0.2, 0.25) is 0 Å². The smallest absolute Gasteiger partial charge is 0.343 e. The number of ether oxygens (including phenoxy) is 3. The van der Waals surface area contributed by atoms with Crippen LogP contribution in [0.3, 0.4) is 0 Å². The third-order valence-electron chi connectivity index (χ3n) is 4.61. The molecular weight excluding hydrogens is 496 g/mol. The second-order valence-electron chi connectivity index (χ2n) is 6.79. The highest BCUT2D eigenvalue weighted by Crippen LogP contribution is 2.37. The third-order valence-corrected chi connectivity index (χ3v) is 6.33. The minimum absolute atomic E-state index is 0.159. The summed E-state index contributed by atoms with van der Waals surface area (Å²) >= 11 is 4.92. The largest absolute Gasteiger partial charge is 0.490 e. The molecule has 2 aromatic rings. The van der Waals surface area contributed by atoms with Crippen LogP contribution in [-0.2, 0) is 20.7 Å². The van der Waals surface area contributed by atoms with Crippen molar-refractivity contribution in [3.05, 3.63) is 56.9 Å². The van der Waals surface area contributed by atoms with E-state index in [1.165, 1.54) is 24.4 Å². The Morgan fingerprint density at radius 2 is 1.91 bits per heavy atom. The summed E-state index contributed by atoms with van der Waals surface area (Å²) in [4.78, 5) is 24.5. The van der Waals surface area contributed by atoms with Crippen LogP contribution < -0.4 is 20.1 Å². The third kappa shape index (κ3) is 6.20. The Labute approximate surface area is 200 Å².